The molecule has 1 aliphatic rings. The lowest BCUT2D eigenvalue weighted by molar-refractivity contribution is -0.147. The molecule has 0 aliphatic carbocycles. The number of fused-ring (bicyclic) bond motifs is 1. The van der Waals surface area contributed by atoms with Crippen molar-refractivity contribution in [3.63, 3.8) is 0 Å². The fourth-order valence-corrected chi connectivity index (χ4v) is 3.01. The molecule has 0 spiro atoms. The Kier molecular flexibility index (Phi) is 5.07. The van der Waals surface area contributed by atoms with Crippen LogP contribution < -0.4 is 5.32 Å². The average molecular weight is 364 g/mol. The van der Waals surface area contributed by atoms with Crippen LogP contribution in [0.15, 0.2) is 49.0 Å². The van der Waals surface area contributed by atoms with Gasteiger partial charge in [0.05, 0.1) is 0 Å². The predicted molar refractivity (Wildman–Crippen MR) is 102 cm³/mol. The van der Waals surface area contributed by atoms with Gasteiger partial charge in [0.1, 0.15) is 6.54 Å². The smallest absolute Gasteiger partial charge is 0.326 e. The van der Waals surface area contributed by atoms with Crippen LogP contribution in [-0.4, -0.2) is 35.8 Å². The molecule has 0 saturated carbocycles. The third-order valence-corrected chi connectivity index (χ3v) is 4.44. The third-order valence-electron chi connectivity index (χ3n) is 4.44. The summed E-state index contributed by atoms with van der Waals surface area (Å²) in [5.41, 5.74) is 4.20. The van der Waals surface area contributed by atoms with Gasteiger partial charge in [0.2, 0.25) is 0 Å². The Morgan fingerprint density at radius 3 is 2.30 bits per heavy atom. The average Bonchev–Trinajstić information content (AvgIpc) is 2.88. The highest BCUT2D eigenvalue weighted by Gasteiger charge is 2.32. The molecule has 0 aromatic heterocycles. The molecule has 1 N–H and O–H groups in total. The van der Waals surface area contributed by atoms with E-state index in [-0.39, 0.29) is 12.5 Å². The Morgan fingerprint density at radius 2 is 1.67 bits per heavy atom. The van der Waals surface area contributed by atoms with Gasteiger partial charge in [0.15, 0.2) is 6.61 Å². The number of aryl methyl sites for hydroxylation is 2. The van der Waals surface area contributed by atoms with E-state index < -0.39 is 18.5 Å². The fraction of sp³-hybridized carbons (Fsp3) is 0.190. The first-order valence-electron chi connectivity index (χ1n) is 8.50. The highest BCUT2D eigenvalue weighted by Crippen LogP contribution is 2.30. The van der Waals surface area contributed by atoms with Crippen molar-refractivity contribution < 1.29 is 19.1 Å². The Bertz CT molecular complexity index is 894. The summed E-state index contributed by atoms with van der Waals surface area (Å²) in [6.07, 6.45) is 0. The standard InChI is InChI=1S/C21H20N2O4/c1-13-7-6-8-14(2)20(13)22-18(24)12-27-19(25)11-23-15(3)16-9-4-5-10-17(16)21(23)26/h4-10H,3,11-12H2,1-2H3,(H,22,24). The van der Waals surface area contributed by atoms with E-state index in [1.54, 1.807) is 24.3 Å². The molecule has 2 aromatic carbocycles. The summed E-state index contributed by atoms with van der Waals surface area (Å²) in [6.45, 7) is 6.93. The van der Waals surface area contributed by atoms with Crippen LogP contribution in [0.5, 0.6) is 0 Å². The highest BCUT2D eigenvalue weighted by atomic mass is 16.5. The number of carbonyl (C=O) groups is 3. The monoisotopic (exact) mass is 364 g/mol. The maximum atomic E-state index is 12.4. The van der Waals surface area contributed by atoms with E-state index in [4.69, 9.17) is 4.74 Å². The zero-order chi connectivity index (χ0) is 19.6. The number of hydrogen-bond donors (Lipinski definition) is 1. The van der Waals surface area contributed by atoms with E-state index in [9.17, 15) is 14.4 Å². The minimum Gasteiger partial charge on any atom is -0.454 e. The molecule has 2 amide bonds. The molecule has 3 rings (SSSR count). The van der Waals surface area contributed by atoms with E-state index in [1.165, 1.54) is 4.90 Å². The van der Waals surface area contributed by atoms with Crippen LogP contribution in [0.3, 0.4) is 0 Å². The minimum atomic E-state index is -0.672. The van der Waals surface area contributed by atoms with Gasteiger partial charge < -0.3 is 10.1 Å². The summed E-state index contributed by atoms with van der Waals surface area (Å²) in [5.74, 6) is -1.41. The molecule has 2 aromatic rings. The lowest BCUT2D eigenvalue weighted by Gasteiger charge is -2.16. The molecule has 1 aliphatic heterocycles. The van der Waals surface area contributed by atoms with Crippen LogP contribution in [0.1, 0.15) is 27.0 Å². The molecule has 27 heavy (non-hydrogen) atoms. The van der Waals surface area contributed by atoms with Crippen molar-refractivity contribution in [2.45, 2.75) is 13.8 Å². The van der Waals surface area contributed by atoms with E-state index in [1.807, 2.05) is 32.0 Å². The molecular formula is C21H20N2O4. The summed E-state index contributed by atoms with van der Waals surface area (Å²) in [5, 5.41) is 2.74. The SMILES string of the molecule is C=C1c2ccccc2C(=O)N1CC(=O)OCC(=O)Nc1c(C)cccc1C. The van der Waals surface area contributed by atoms with Gasteiger partial charge in [-0.2, -0.15) is 0 Å². The van der Waals surface area contributed by atoms with Gasteiger partial charge in [-0.1, -0.05) is 43.0 Å². The number of hydrogen-bond acceptors (Lipinski definition) is 4. The number of esters is 1. The molecule has 0 unspecified atom stereocenters. The topological polar surface area (TPSA) is 75.7 Å². The Balaban J connectivity index is 1.55. The molecule has 0 radical (unpaired) electrons. The first-order valence-corrected chi connectivity index (χ1v) is 8.50. The quantitative estimate of drug-likeness (QED) is 0.828. The van der Waals surface area contributed by atoms with Crippen LogP contribution in [0.4, 0.5) is 5.69 Å². The van der Waals surface area contributed by atoms with Crippen molar-refractivity contribution in [1.82, 2.24) is 4.90 Å². The van der Waals surface area contributed by atoms with Crippen LogP contribution in [0, 0.1) is 13.8 Å². The summed E-state index contributed by atoms with van der Waals surface area (Å²) in [6, 6.07) is 12.7. The number of benzene rings is 2. The number of carbonyl (C=O) groups excluding carboxylic acids is 3. The zero-order valence-corrected chi connectivity index (χ0v) is 15.2. The van der Waals surface area contributed by atoms with Crippen molar-refractivity contribution in [3.05, 3.63) is 71.3 Å². The van der Waals surface area contributed by atoms with Gasteiger partial charge in [0, 0.05) is 22.5 Å². The molecule has 6 nitrogen and oxygen atoms in total. The Morgan fingerprint density at radius 1 is 1.04 bits per heavy atom. The molecule has 138 valence electrons. The number of nitrogens with zero attached hydrogens (tertiary/aromatic N) is 1. The van der Waals surface area contributed by atoms with Crippen molar-refractivity contribution in [1.29, 1.82) is 0 Å². The van der Waals surface area contributed by atoms with Crippen LogP contribution in [0.25, 0.3) is 5.70 Å². The molecule has 6 heteroatoms. The number of anilines is 1. The van der Waals surface area contributed by atoms with Crippen LogP contribution >= 0.6 is 0 Å². The van der Waals surface area contributed by atoms with Gasteiger partial charge in [-0.05, 0) is 31.0 Å². The lowest BCUT2D eigenvalue weighted by Crippen LogP contribution is -2.32. The molecule has 0 fully saturated rings. The zero-order valence-electron chi connectivity index (χ0n) is 15.2. The van der Waals surface area contributed by atoms with Gasteiger partial charge >= 0.3 is 5.97 Å². The van der Waals surface area contributed by atoms with Gasteiger partial charge in [-0.15, -0.1) is 0 Å². The largest absolute Gasteiger partial charge is 0.454 e. The van der Waals surface area contributed by atoms with Crippen LogP contribution in [-0.2, 0) is 14.3 Å². The molecule has 0 bridgehead atoms. The van der Waals surface area contributed by atoms with Crippen molar-refractivity contribution >= 4 is 29.2 Å². The van der Waals surface area contributed by atoms with E-state index in [2.05, 4.69) is 11.9 Å². The fourth-order valence-electron chi connectivity index (χ4n) is 3.01. The second-order valence-corrected chi connectivity index (χ2v) is 6.36. The maximum absolute atomic E-state index is 12.4. The first kappa shape index (κ1) is 18.4. The number of rotatable bonds is 5. The van der Waals surface area contributed by atoms with Crippen molar-refractivity contribution in [3.8, 4) is 0 Å². The van der Waals surface area contributed by atoms with Crippen LogP contribution in [0.2, 0.25) is 0 Å². The van der Waals surface area contributed by atoms with Gasteiger partial charge in [-0.25, -0.2) is 0 Å². The van der Waals surface area contributed by atoms with E-state index in [0.717, 1.165) is 11.1 Å². The lowest BCUT2D eigenvalue weighted by atomic mass is 10.1. The summed E-state index contributed by atoms with van der Waals surface area (Å²) < 4.78 is 5.03. The second kappa shape index (κ2) is 7.45. The molecule has 1 heterocycles. The molecule has 0 saturated heterocycles. The highest BCUT2D eigenvalue weighted by molar-refractivity contribution is 6.10. The molecular weight excluding hydrogens is 344 g/mol. The second-order valence-electron chi connectivity index (χ2n) is 6.36. The van der Waals surface area contributed by atoms with Gasteiger partial charge in [0.25, 0.3) is 11.8 Å². The number of para-hydroxylation sites is 1. The normalized spacial score (nSPS) is 12.7. The van der Waals surface area contributed by atoms with E-state index >= 15 is 0 Å². The summed E-state index contributed by atoms with van der Waals surface area (Å²) >= 11 is 0. The third kappa shape index (κ3) is 3.74. The first-order chi connectivity index (χ1) is 12.9. The summed E-state index contributed by atoms with van der Waals surface area (Å²) in [7, 11) is 0. The Hall–Kier alpha value is -3.41. The minimum absolute atomic E-state index is 0.289. The summed E-state index contributed by atoms with van der Waals surface area (Å²) in [4.78, 5) is 37.8. The number of nitrogens with one attached hydrogen (secondary N) is 1. The number of amides is 2. The number of ether oxygens (including phenoxy) is 1. The predicted octanol–water partition coefficient (Wildman–Crippen LogP) is 2.91. The molecule has 0 atom stereocenters. The maximum Gasteiger partial charge on any atom is 0.326 e. The van der Waals surface area contributed by atoms with Gasteiger partial charge in [-0.3, -0.25) is 19.3 Å². The van der Waals surface area contributed by atoms with Crippen molar-refractivity contribution in [2.24, 2.45) is 0 Å². The van der Waals surface area contributed by atoms with Crippen molar-refractivity contribution in [2.75, 3.05) is 18.5 Å². The Labute approximate surface area is 157 Å². The van der Waals surface area contributed by atoms with E-state index in [0.29, 0.717) is 22.5 Å².